The Hall–Kier alpha value is -1.69. The number of nitrogens with zero attached hydrogens (tertiary/aromatic N) is 5. The smallest absolute Gasteiger partial charge is 0.178 e. The maximum atomic E-state index is 5.55. The molecular formula is C16H25N5O. The van der Waals surface area contributed by atoms with Crippen LogP contribution in [-0.4, -0.2) is 46.1 Å². The highest BCUT2D eigenvalue weighted by molar-refractivity contribution is 5.46. The molecule has 120 valence electrons. The fourth-order valence-electron chi connectivity index (χ4n) is 2.88. The summed E-state index contributed by atoms with van der Waals surface area (Å²) in [6.45, 7) is 12.1. The van der Waals surface area contributed by atoms with Gasteiger partial charge in [-0.05, 0) is 25.5 Å². The molecule has 2 aromatic heterocycles. The van der Waals surface area contributed by atoms with E-state index in [0.717, 1.165) is 50.0 Å². The largest absolute Gasteiger partial charge is 0.381 e. The van der Waals surface area contributed by atoms with Crippen molar-refractivity contribution in [2.24, 2.45) is 5.92 Å². The third-order valence-electron chi connectivity index (χ3n) is 4.09. The summed E-state index contributed by atoms with van der Waals surface area (Å²) in [5, 5.41) is 13.3. The lowest BCUT2D eigenvalue weighted by Crippen LogP contribution is -2.24. The van der Waals surface area contributed by atoms with Crippen LogP contribution in [0.4, 0.5) is 5.82 Å². The zero-order valence-corrected chi connectivity index (χ0v) is 13.9. The molecule has 1 atom stereocenters. The Morgan fingerprint density at radius 2 is 2.09 bits per heavy atom. The van der Waals surface area contributed by atoms with Crippen LogP contribution in [0, 0.1) is 5.92 Å². The van der Waals surface area contributed by atoms with Crippen molar-refractivity contribution in [1.29, 1.82) is 0 Å². The molecule has 0 aromatic carbocycles. The molecule has 0 radical (unpaired) electrons. The van der Waals surface area contributed by atoms with Gasteiger partial charge in [0, 0.05) is 31.0 Å². The van der Waals surface area contributed by atoms with E-state index in [1.165, 1.54) is 0 Å². The highest BCUT2D eigenvalue weighted by atomic mass is 16.5. The second-order valence-corrected chi connectivity index (χ2v) is 7.00. The lowest BCUT2D eigenvalue weighted by atomic mass is 9.96. The van der Waals surface area contributed by atoms with Gasteiger partial charge in [-0.2, -0.15) is 4.52 Å². The van der Waals surface area contributed by atoms with E-state index in [2.05, 4.69) is 35.9 Å². The van der Waals surface area contributed by atoms with Crippen molar-refractivity contribution in [2.75, 3.05) is 31.2 Å². The van der Waals surface area contributed by atoms with Gasteiger partial charge < -0.3 is 9.64 Å². The lowest BCUT2D eigenvalue weighted by molar-refractivity contribution is 0.117. The van der Waals surface area contributed by atoms with Gasteiger partial charge in [-0.15, -0.1) is 15.3 Å². The first-order chi connectivity index (χ1) is 10.5. The Labute approximate surface area is 131 Å². The molecule has 2 aromatic rings. The number of hydrogen-bond donors (Lipinski definition) is 0. The monoisotopic (exact) mass is 303 g/mol. The van der Waals surface area contributed by atoms with E-state index in [-0.39, 0.29) is 5.41 Å². The minimum Gasteiger partial charge on any atom is -0.381 e. The summed E-state index contributed by atoms with van der Waals surface area (Å²) < 4.78 is 7.43. The van der Waals surface area contributed by atoms with E-state index in [1.807, 2.05) is 23.6 Å². The first-order valence-corrected chi connectivity index (χ1v) is 8.04. The summed E-state index contributed by atoms with van der Waals surface area (Å²) in [5.41, 5.74) is 0.729. The van der Waals surface area contributed by atoms with Gasteiger partial charge in [0.25, 0.3) is 0 Å². The molecule has 0 spiro atoms. The molecule has 0 N–H and O–H groups in total. The Kier molecular flexibility index (Phi) is 4.04. The summed E-state index contributed by atoms with van der Waals surface area (Å²) in [7, 11) is 0. The molecular weight excluding hydrogens is 278 g/mol. The second kappa shape index (κ2) is 5.83. The van der Waals surface area contributed by atoms with Crippen molar-refractivity contribution in [3.05, 3.63) is 18.0 Å². The van der Waals surface area contributed by atoms with Gasteiger partial charge in [0.1, 0.15) is 5.82 Å². The molecule has 1 saturated heterocycles. The second-order valence-electron chi connectivity index (χ2n) is 7.00. The standard InChI is InChI=1S/C16H25N5O/c1-5-22-11-12-8-9-20(10-12)14-7-6-13-17-18-15(16(2,3)4)21(13)19-14/h6-7,12H,5,8-11H2,1-4H3. The Morgan fingerprint density at radius 1 is 1.27 bits per heavy atom. The predicted octanol–water partition coefficient (Wildman–Crippen LogP) is 2.28. The van der Waals surface area contributed by atoms with Crippen LogP contribution in [0.1, 0.15) is 39.9 Å². The lowest BCUT2D eigenvalue weighted by Gasteiger charge is -2.19. The van der Waals surface area contributed by atoms with Crippen LogP contribution in [0.2, 0.25) is 0 Å². The molecule has 22 heavy (non-hydrogen) atoms. The molecule has 0 bridgehead atoms. The third kappa shape index (κ3) is 2.92. The van der Waals surface area contributed by atoms with Crippen molar-refractivity contribution in [2.45, 2.75) is 39.5 Å². The normalized spacial score (nSPS) is 19.3. The van der Waals surface area contributed by atoms with Crippen LogP contribution in [0.25, 0.3) is 5.65 Å². The van der Waals surface area contributed by atoms with Crippen LogP contribution < -0.4 is 4.90 Å². The molecule has 1 unspecified atom stereocenters. The zero-order chi connectivity index (χ0) is 15.7. The quantitative estimate of drug-likeness (QED) is 0.867. The van der Waals surface area contributed by atoms with Gasteiger partial charge in [-0.1, -0.05) is 20.8 Å². The molecule has 0 saturated carbocycles. The summed E-state index contributed by atoms with van der Waals surface area (Å²) in [4.78, 5) is 2.33. The number of rotatable bonds is 4. The van der Waals surface area contributed by atoms with Gasteiger partial charge in [0.05, 0.1) is 6.61 Å². The summed E-state index contributed by atoms with van der Waals surface area (Å²) in [6.07, 6.45) is 1.16. The van der Waals surface area contributed by atoms with Gasteiger partial charge in [-0.25, -0.2) is 0 Å². The average molecular weight is 303 g/mol. The minimum atomic E-state index is -0.0758. The Morgan fingerprint density at radius 3 is 2.82 bits per heavy atom. The summed E-state index contributed by atoms with van der Waals surface area (Å²) in [5.74, 6) is 2.49. The topological polar surface area (TPSA) is 55.5 Å². The van der Waals surface area contributed by atoms with E-state index < -0.39 is 0 Å². The average Bonchev–Trinajstić information content (AvgIpc) is 3.10. The van der Waals surface area contributed by atoms with Crippen LogP contribution >= 0.6 is 0 Å². The maximum Gasteiger partial charge on any atom is 0.178 e. The van der Waals surface area contributed by atoms with Crippen molar-refractivity contribution in [3.8, 4) is 0 Å². The zero-order valence-electron chi connectivity index (χ0n) is 13.9. The van der Waals surface area contributed by atoms with E-state index >= 15 is 0 Å². The molecule has 3 heterocycles. The van der Waals surface area contributed by atoms with Crippen molar-refractivity contribution < 1.29 is 4.74 Å². The molecule has 6 nitrogen and oxygen atoms in total. The van der Waals surface area contributed by atoms with Crippen molar-refractivity contribution in [3.63, 3.8) is 0 Å². The first-order valence-electron chi connectivity index (χ1n) is 8.04. The molecule has 6 heteroatoms. The van der Waals surface area contributed by atoms with E-state index in [9.17, 15) is 0 Å². The van der Waals surface area contributed by atoms with Crippen LogP contribution in [0.15, 0.2) is 12.1 Å². The Bertz CT molecular complexity index is 646. The van der Waals surface area contributed by atoms with E-state index in [1.54, 1.807) is 0 Å². The Balaban J connectivity index is 1.83. The van der Waals surface area contributed by atoms with Gasteiger partial charge in [0.2, 0.25) is 0 Å². The number of anilines is 1. The minimum absolute atomic E-state index is 0.0758. The SMILES string of the molecule is CCOCC1CCN(c2ccc3nnc(C(C)(C)C)n3n2)C1. The maximum absolute atomic E-state index is 5.55. The fourth-order valence-corrected chi connectivity index (χ4v) is 2.88. The van der Waals surface area contributed by atoms with E-state index in [0.29, 0.717) is 5.92 Å². The van der Waals surface area contributed by atoms with Crippen LogP contribution in [0.5, 0.6) is 0 Å². The first kappa shape index (κ1) is 15.2. The van der Waals surface area contributed by atoms with Crippen molar-refractivity contribution >= 4 is 11.5 Å². The van der Waals surface area contributed by atoms with E-state index in [4.69, 9.17) is 9.84 Å². The molecule has 3 rings (SSSR count). The van der Waals surface area contributed by atoms with Crippen LogP contribution in [0.3, 0.4) is 0 Å². The molecule has 1 fully saturated rings. The number of hydrogen-bond acceptors (Lipinski definition) is 5. The summed E-state index contributed by atoms with van der Waals surface area (Å²) in [6, 6.07) is 4.04. The fraction of sp³-hybridized carbons (Fsp3) is 0.688. The van der Waals surface area contributed by atoms with Gasteiger partial charge in [0.15, 0.2) is 11.5 Å². The molecule has 0 aliphatic carbocycles. The third-order valence-corrected chi connectivity index (χ3v) is 4.09. The highest BCUT2D eigenvalue weighted by Gasteiger charge is 2.26. The number of aromatic nitrogens is 4. The van der Waals surface area contributed by atoms with Crippen molar-refractivity contribution in [1.82, 2.24) is 19.8 Å². The molecule has 1 aliphatic rings. The van der Waals surface area contributed by atoms with Crippen LogP contribution in [-0.2, 0) is 10.2 Å². The van der Waals surface area contributed by atoms with Gasteiger partial charge in [-0.3, -0.25) is 0 Å². The molecule has 1 aliphatic heterocycles. The summed E-state index contributed by atoms with van der Waals surface area (Å²) >= 11 is 0. The predicted molar refractivity (Wildman–Crippen MR) is 86.3 cm³/mol. The highest BCUT2D eigenvalue weighted by Crippen LogP contribution is 2.25. The number of fused-ring (bicyclic) bond motifs is 1. The molecule has 0 amide bonds. The van der Waals surface area contributed by atoms with Gasteiger partial charge >= 0.3 is 0 Å². The number of ether oxygens (including phenoxy) is 1.